The van der Waals surface area contributed by atoms with E-state index in [0.717, 1.165) is 11.0 Å². The Labute approximate surface area is 121 Å². The molecular weight excluding hydrogens is 309 g/mol. The van der Waals surface area contributed by atoms with Gasteiger partial charge in [0.25, 0.3) is 0 Å². The van der Waals surface area contributed by atoms with E-state index in [1.54, 1.807) is 18.6 Å². The topological polar surface area (TPSA) is 29.9 Å². The summed E-state index contributed by atoms with van der Waals surface area (Å²) in [6, 6.07) is 5.19. The number of nitrogens with one attached hydrogen (secondary N) is 1. The number of hydrogen-bond donors (Lipinski definition) is 1. The van der Waals surface area contributed by atoms with Crippen LogP contribution in [0.1, 0.15) is 25.5 Å². The fourth-order valence-electron chi connectivity index (χ4n) is 2.13. The Morgan fingerprint density at radius 2 is 2.21 bits per heavy atom. The first kappa shape index (κ1) is 14.2. The van der Waals surface area contributed by atoms with Crippen molar-refractivity contribution in [1.29, 1.82) is 0 Å². The highest BCUT2D eigenvalue weighted by molar-refractivity contribution is 9.10. The molecule has 0 saturated carbocycles. The van der Waals surface area contributed by atoms with Gasteiger partial charge < -0.3 is 9.88 Å². The van der Waals surface area contributed by atoms with Gasteiger partial charge in [-0.15, -0.1) is 0 Å². The Balaban J connectivity index is 2.00. The summed E-state index contributed by atoms with van der Waals surface area (Å²) in [5, 5.41) is 3.39. The van der Waals surface area contributed by atoms with Gasteiger partial charge in [0.15, 0.2) is 0 Å². The highest BCUT2D eigenvalue weighted by Gasteiger charge is 2.14. The molecule has 0 aliphatic rings. The highest BCUT2D eigenvalue weighted by Crippen LogP contribution is 2.21. The summed E-state index contributed by atoms with van der Waals surface area (Å²) in [5.41, 5.74) is 0.673. The van der Waals surface area contributed by atoms with Gasteiger partial charge in [-0.25, -0.2) is 9.37 Å². The maximum Gasteiger partial charge on any atom is 0.128 e. The van der Waals surface area contributed by atoms with Crippen molar-refractivity contribution in [2.75, 3.05) is 0 Å². The smallest absolute Gasteiger partial charge is 0.128 e. The third-order valence-electron chi connectivity index (χ3n) is 3.00. The molecule has 1 aromatic heterocycles. The zero-order valence-electron chi connectivity index (χ0n) is 11.0. The molecule has 2 rings (SSSR count). The first-order valence-electron chi connectivity index (χ1n) is 6.23. The molecule has 2 atom stereocenters. The molecule has 1 N–H and O–H groups in total. The third-order valence-corrected chi connectivity index (χ3v) is 3.50. The summed E-state index contributed by atoms with van der Waals surface area (Å²) >= 11 is 3.37. The molecular formula is C14H17BrFN3. The maximum atomic E-state index is 13.8. The van der Waals surface area contributed by atoms with Gasteiger partial charge in [-0.05, 0) is 32.0 Å². The van der Waals surface area contributed by atoms with E-state index in [1.165, 1.54) is 6.07 Å². The lowest BCUT2D eigenvalue weighted by atomic mass is 10.1. The van der Waals surface area contributed by atoms with Gasteiger partial charge in [0.1, 0.15) is 5.82 Å². The van der Waals surface area contributed by atoms with E-state index in [9.17, 15) is 4.39 Å². The van der Waals surface area contributed by atoms with Crippen LogP contribution in [-0.4, -0.2) is 15.6 Å². The number of benzene rings is 1. The minimum atomic E-state index is -0.182. The van der Waals surface area contributed by atoms with Crippen LogP contribution in [0.25, 0.3) is 0 Å². The predicted molar refractivity (Wildman–Crippen MR) is 77.3 cm³/mol. The first-order chi connectivity index (χ1) is 9.06. The number of aromatic nitrogens is 2. The molecule has 0 amide bonds. The minimum absolute atomic E-state index is 0.0454. The fourth-order valence-corrected chi connectivity index (χ4v) is 2.51. The van der Waals surface area contributed by atoms with E-state index in [2.05, 4.69) is 33.2 Å². The Morgan fingerprint density at radius 1 is 1.42 bits per heavy atom. The van der Waals surface area contributed by atoms with Crippen LogP contribution in [0.3, 0.4) is 0 Å². The molecule has 0 radical (unpaired) electrons. The second-order valence-corrected chi connectivity index (χ2v) is 5.63. The second kappa shape index (κ2) is 6.30. The van der Waals surface area contributed by atoms with Gasteiger partial charge in [0, 0.05) is 41.1 Å². The summed E-state index contributed by atoms with van der Waals surface area (Å²) in [7, 11) is 0. The average Bonchev–Trinajstić information content (AvgIpc) is 2.84. The molecule has 0 spiro atoms. The number of nitrogens with zero attached hydrogens (tertiary/aromatic N) is 2. The summed E-state index contributed by atoms with van der Waals surface area (Å²) in [6.45, 7) is 4.85. The minimum Gasteiger partial charge on any atom is -0.336 e. The van der Waals surface area contributed by atoms with E-state index < -0.39 is 0 Å². The van der Waals surface area contributed by atoms with Crippen molar-refractivity contribution in [3.8, 4) is 0 Å². The van der Waals surface area contributed by atoms with Crippen LogP contribution in [0.2, 0.25) is 0 Å². The van der Waals surface area contributed by atoms with Gasteiger partial charge in [-0.1, -0.05) is 15.9 Å². The second-order valence-electron chi connectivity index (χ2n) is 4.71. The van der Waals surface area contributed by atoms with E-state index in [1.807, 2.05) is 23.8 Å². The van der Waals surface area contributed by atoms with Gasteiger partial charge in [0.05, 0.1) is 6.33 Å². The number of rotatable bonds is 5. The third kappa shape index (κ3) is 3.88. The van der Waals surface area contributed by atoms with Crippen LogP contribution in [0.4, 0.5) is 4.39 Å². The molecule has 5 heteroatoms. The van der Waals surface area contributed by atoms with Gasteiger partial charge in [0.2, 0.25) is 0 Å². The Kier molecular flexibility index (Phi) is 4.71. The maximum absolute atomic E-state index is 13.8. The Hall–Kier alpha value is -1.20. The lowest BCUT2D eigenvalue weighted by Gasteiger charge is -2.21. The molecule has 0 fully saturated rings. The van der Waals surface area contributed by atoms with Crippen molar-refractivity contribution in [3.63, 3.8) is 0 Å². The molecule has 0 aliphatic heterocycles. The van der Waals surface area contributed by atoms with Crippen molar-refractivity contribution in [1.82, 2.24) is 14.9 Å². The van der Waals surface area contributed by atoms with Crippen molar-refractivity contribution < 1.29 is 4.39 Å². The van der Waals surface area contributed by atoms with Crippen LogP contribution in [0.15, 0.2) is 41.4 Å². The van der Waals surface area contributed by atoms with E-state index in [0.29, 0.717) is 5.56 Å². The van der Waals surface area contributed by atoms with Gasteiger partial charge >= 0.3 is 0 Å². The van der Waals surface area contributed by atoms with E-state index >= 15 is 0 Å². The molecule has 1 heterocycles. The average molecular weight is 326 g/mol. The number of halogens is 2. The quantitative estimate of drug-likeness (QED) is 0.911. The SMILES string of the molecule is CC(Cn1ccnc1)NC(C)c1cc(Br)ccc1F. The zero-order chi connectivity index (χ0) is 13.8. The van der Waals surface area contributed by atoms with Crippen molar-refractivity contribution in [2.24, 2.45) is 0 Å². The Morgan fingerprint density at radius 3 is 2.89 bits per heavy atom. The van der Waals surface area contributed by atoms with Gasteiger partial charge in [-0.2, -0.15) is 0 Å². The summed E-state index contributed by atoms with van der Waals surface area (Å²) in [5.74, 6) is -0.182. The highest BCUT2D eigenvalue weighted by atomic mass is 79.9. The molecule has 0 saturated heterocycles. The monoisotopic (exact) mass is 325 g/mol. The first-order valence-corrected chi connectivity index (χ1v) is 7.02. The van der Waals surface area contributed by atoms with Crippen LogP contribution < -0.4 is 5.32 Å². The molecule has 1 aromatic carbocycles. The lowest BCUT2D eigenvalue weighted by molar-refractivity contribution is 0.421. The molecule has 2 aromatic rings. The van der Waals surface area contributed by atoms with Crippen LogP contribution in [0.5, 0.6) is 0 Å². The Bertz CT molecular complexity index is 527. The van der Waals surface area contributed by atoms with Crippen LogP contribution >= 0.6 is 15.9 Å². The van der Waals surface area contributed by atoms with Crippen molar-refractivity contribution in [3.05, 3.63) is 52.8 Å². The van der Waals surface area contributed by atoms with Crippen LogP contribution in [0, 0.1) is 5.82 Å². The molecule has 0 aliphatic carbocycles. The van der Waals surface area contributed by atoms with Crippen molar-refractivity contribution >= 4 is 15.9 Å². The molecule has 102 valence electrons. The summed E-state index contributed by atoms with van der Waals surface area (Å²) < 4.78 is 16.7. The largest absolute Gasteiger partial charge is 0.336 e. The number of imidazole rings is 1. The van der Waals surface area contributed by atoms with E-state index in [-0.39, 0.29) is 17.9 Å². The van der Waals surface area contributed by atoms with Gasteiger partial charge in [-0.3, -0.25) is 0 Å². The normalized spacial score (nSPS) is 14.3. The molecule has 2 unspecified atom stereocenters. The fraction of sp³-hybridized carbons (Fsp3) is 0.357. The van der Waals surface area contributed by atoms with Crippen molar-refractivity contribution in [2.45, 2.75) is 32.5 Å². The number of hydrogen-bond acceptors (Lipinski definition) is 2. The predicted octanol–water partition coefficient (Wildman–Crippen LogP) is 3.52. The van der Waals surface area contributed by atoms with E-state index in [4.69, 9.17) is 0 Å². The molecule has 19 heavy (non-hydrogen) atoms. The lowest BCUT2D eigenvalue weighted by Crippen LogP contribution is -2.32. The zero-order valence-corrected chi connectivity index (χ0v) is 12.6. The summed E-state index contributed by atoms with van der Waals surface area (Å²) in [6.07, 6.45) is 5.45. The molecule has 3 nitrogen and oxygen atoms in total. The van der Waals surface area contributed by atoms with Crippen LogP contribution in [-0.2, 0) is 6.54 Å². The summed E-state index contributed by atoms with van der Waals surface area (Å²) in [4.78, 5) is 4.01. The molecule has 0 bridgehead atoms. The standard InChI is InChI=1S/C14H17BrFN3/c1-10(8-19-6-5-17-9-19)18-11(2)13-7-12(15)3-4-14(13)16/h3-7,9-11,18H,8H2,1-2H3.